The number of unbranched alkanes of at least 4 members (excludes halogenated alkanes) is 53. The van der Waals surface area contributed by atoms with Gasteiger partial charge in [-0.3, -0.25) is 9.59 Å². The average Bonchev–Trinajstić information content (AvgIpc) is 3.45. The molecule has 0 rings (SSSR count). The van der Waals surface area contributed by atoms with E-state index in [0.717, 1.165) is 44.9 Å². The summed E-state index contributed by atoms with van der Waals surface area (Å²) in [4.78, 5) is 24.6. The van der Waals surface area contributed by atoms with E-state index < -0.39 is 12.1 Å². The van der Waals surface area contributed by atoms with Gasteiger partial charge in [0.25, 0.3) is 0 Å². The normalized spacial score (nSPS) is 12.6. The molecule has 0 heterocycles. The highest BCUT2D eigenvalue weighted by Crippen LogP contribution is 2.19. The number of allylic oxidation sites excluding steroid dienone is 4. The second kappa shape index (κ2) is 68.8. The molecule has 0 aromatic carbocycles. The molecule has 0 saturated carbocycles. The largest absolute Gasteiger partial charge is 0.466 e. The van der Waals surface area contributed by atoms with Crippen molar-refractivity contribution in [3.05, 3.63) is 24.3 Å². The zero-order chi connectivity index (χ0) is 57.1. The lowest BCUT2D eigenvalue weighted by Crippen LogP contribution is -2.45. The van der Waals surface area contributed by atoms with Gasteiger partial charge in [0, 0.05) is 12.8 Å². The summed E-state index contributed by atoms with van der Waals surface area (Å²) in [5.74, 6) is -0.0178. The molecule has 0 aliphatic heterocycles. The van der Waals surface area contributed by atoms with Gasteiger partial charge in [-0.15, -0.1) is 0 Å². The maximum Gasteiger partial charge on any atom is 0.305 e. The van der Waals surface area contributed by atoms with Crippen molar-refractivity contribution in [2.45, 2.75) is 418 Å². The van der Waals surface area contributed by atoms with Crippen molar-refractivity contribution in [3.8, 4) is 0 Å². The average molecular weight is 1110 g/mol. The number of hydrogen-bond donors (Lipinski definition) is 3. The molecule has 0 fully saturated rings. The van der Waals surface area contributed by atoms with Crippen molar-refractivity contribution in [3.63, 3.8) is 0 Å². The number of aliphatic hydroxyl groups is 2. The first-order valence-corrected chi connectivity index (χ1v) is 36.1. The van der Waals surface area contributed by atoms with Gasteiger partial charge in [0.2, 0.25) is 5.91 Å². The SMILES string of the molecule is CCCCCCCCC/C=C\CCCCCCCC(=O)OCCCCCCCCCCCCCC/C=C\CCCCCCCCCCCCCCCCCCCC(=O)NC(CO)C(O)CCCCCCCCCCCCCCC. The minimum Gasteiger partial charge on any atom is -0.466 e. The first-order valence-electron chi connectivity index (χ1n) is 36.1. The van der Waals surface area contributed by atoms with E-state index in [1.54, 1.807) is 0 Å². The van der Waals surface area contributed by atoms with Crippen molar-refractivity contribution in [1.29, 1.82) is 0 Å². The first kappa shape index (κ1) is 77.3. The van der Waals surface area contributed by atoms with Crippen LogP contribution in [0.25, 0.3) is 0 Å². The van der Waals surface area contributed by atoms with Gasteiger partial charge >= 0.3 is 5.97 Å². The van der Waals surface area contributed by atoms with Gasteiger partial charge in [-0.25, -0.2) is 0 Å². The molecular formula is C73H141NO5. The zero-order valence-corrected chi connectivity index (χ0v) is 53.6. The van der Waals surface area contributed by atoms with Crippen molar-refractivity contribution in [1.82, 2.24) is 5.32 Å². The molecule has 79 heavy (non-hydrogen) atoms. The molecule has 0 aliphatic rings. The Hall–Kier alpha value is -1.66. The van der Waals surface area contributed by atoms with Crippen LogP contribution in [0.15, 0.2) is 24.3 Å². The lowest BCUT2D eigenvalue weighted by Gasteiger charge is -2.22. The molecule has 468 valence electrons. The van der Waals surface area contributed by atoms with Gasteiger partial charge in [-0.05, 0) is 77.0 Å². The molecule has 0 aromatic heterocycles. The van der Waals surface area contributed by atoms with E-state index in [1.807, 2.05) is 0 Å². The molecule has 0 saturated heterocycles. The third-order valence-electron chi connectivity index (χ3n) is 17.0. The Morgan fingerprint density at radius 3 is 0.899 bits per heavy atom. The number of hydrogen-bond acceptors (Lipinski definition) is 5. The summed E-state index contributed by atoms with van der Waals surface area (Å²) >= 11 is 0. The van der Waals surface area contributed by atoms with E-state index in [0.29, 0.717) is 25.9 Å². The summed E-state index contributed by atoms with van der Waals surface area (Å²) in [5.41, 5.74) is 0. The molecule has 0 aliphatic carbocycles. The lowest BCUT2D eigenvalue weighted by atomic mass is 10.0. The molecule has 3 N–H and O–H groups in total. The van der Waals surface area contributed by atoms with Crippen LogP contribution in [0.5, 0.6) is 0 Å². The number of carbonyl (C=O) groups excluding carboxylic acids is 2. The summed E-state index contributed by atoms with van der Waals surface area (Å²) in [6, 6.07) is -0.538. The van der Waals surface area contributed by atoms with E-state index >= 15 is 0 Å². The molecule has 6 nitrogen and oxygen atoms in total. The molecular weight excluding hydrogens is 971 g/mol. The standard InChI is InChI=1S/C73H141NO5/c1-3-5-7-9-11-13-15-17-18-39-43-47-51-55-59-63-67-73(78)79-68-64-60-56-52-48-44-40-37-35-33-31-29-27-25-23-21-19-20-22-24-26-28-30-32-34-36-38-42-46-50-54-58-62-66-72(77)74-70(69-75)71(76)65-61-57-53-49-45-41-16-14-12-10-8-6-4-2/h18,23,25,39,70-71,75-76H,3-17,19-22,24,26-38,40-69H2,1-2H3,(H,74,77)/b25-23-,39-18-. The van der Waals surface area contributed by atoms with Gasteiger partial charge in [-0.1, -0.05) is 340 Å². The van der Waals surface area contributed by atoms with E-state index in [-0.39, 0.29) is 18.5 Å². The van der Waals surface area contributed by atoms with E-state index in [4.69, 9.17) is 4.74 Å². The van der Waals surface area contributed by atoms with E-state index in [1.165, 1.54) is 327 Å². The molecule has 2 unspecified atom stereocenters. The van der Waals surface area contributed by atoms with Gasteiger partial charge in [-0.2, -0.15) is 0 Å². The molecule has 6 heteroatoms. The highest BCUT2D eigenvalue weighted by atomic mass is 16.5. The predicted molar refractivity (Wildman–Crippen MR) is 347 cm³/mol. The minimum atomic E-state index is -0.661. The van der Waals surface area contributed by atoms with Crippen LogP contribution in [-0.4, -0.2) is 47.4 Å². The topological polar surface area (TPSA) is 95.9 Å². The maximum atomic E-state index is 12.5. The number of carbonyl (C=O) groups is 2. The maximum absolute atomic E-state index is 12.5. The third-order valence-corrected chi connectivity index (χ3v) is 17.0. The number of amides is 1. The second-order valence-corrected chi connectivity index (χ2v) is 24.9. The highest BCUT2D eigenvalue weighted by molar-refractivity contribution is 5.76. The first-order chi connectivity index (χ1) is 39.0. The molecule has 0 bridgehead atoms. The highest BCUT2D eigenvalue weighted by Gasteiger charge is 2.20. The van der Waals surface area contributed by atoms with Crippen LogP contribution in [0.4, 0.5) is 0 Å². The minimum absolute atomic E-state index is 0.0119. The molecule has 0 aromatic rings. The van der Waals surface area contributed by atoms with Gasteiger partial charge < -0.3 is 20.3 Å². The Morgan fingerprint density at radius 1 is 0.342 bits per heavy atom. The van der Waals surface area contributed by atoms with Crippen molar-refractivity contribution in [2.75, 3.05) is 13.2 Å². The molecule has 0 spiro atoms. The van der Waals surface area contributed by atoms with Crippen molar-refractivity contribution < 1.29 is 24.5 Å². The Bertz CT molecular complexity index is 1230. The van der Waals surface area contributed by atoms with Gasteiger partial charge in [0.15, 0.2) is 0 Å². The second-order valence-electron chi connectivity index (χ2n) is 24.9. The lowest BCUT2D eigenvalue weighted by molar-refractivity contribution is -0.143. The number of esters is 1. The summed E-state index contributed by atoms with van der Waals surface area (Å²) in [5, 5.41) is 23.3. The summed E-state index contributed by atoms with van der Waals surface area (Å²) in [7, 11) is 0. The van der Waals surface area contributed by atoms with Gasteiger partial charge in [0.05, 0.1) is 25.4 Å². The van der Waals surface area contributed by atoms with Crippen LogP contribution in [-0.2, 0) is 14.3 Å². The van der Waals surface area contributed by atoms with E-state index in [2.05, 4.69) is 43.5 Å². The summed E-state index contributed by atoms with van der Waals surface area (Å²) < 4.78 is 5.50. The third kappa shape index (κ3) is 65.4. The Morgan fingerprint density at radius 2 is 0.595 bits per heavy atom. The van der Waals surface area contributed by atoms with Crippen LogP contribution in [0, 0.1) is 0 Å². The van der Waals surface area contributed by atoms with E-state index in [9.17, 15) is 19.8 Å². The molecule has 0 radical (unpaired) electrons. The van der Waals surface area contributed by atoms with Crippen LogP contribution < -0.4 is 5.32 Å². The number of nitrogens with one attached hydrogen (secondary N) is 1. The number of rotatable bonds is 68. The van der Waals surface area contributed by atoms with Crippen molar-refractivity contribution >= 4 is 11.9 Å². The van der Waals surface area contributed by atoms with Crippen LogP contribution >= 0.6 is 0 Å². The van der Waals surface area contributed by atoms with Crippen molar-refractivity contribution in [2.24, 2.45) is 0 Å². The summed E-state index contributed by atoms with van der Waals surface area (Å²) in [6.07, 6.45) is 86.7. The Labute approximate surface area is 494 Å². The molecule has 2 atom stereocenters. The Balaban J connectivity index is 3.33. The number of aliphatic hydroxyl groups excluding tert-OH is 2. The monoisotopic (exact) mass is 1110 g/mol. The Kier molecular flexibility index (Phi) is 67.4. The van der Waals surface area contributed by atoms with Crippen LogP contribution in [0.1, 0.15) is 406 Å². The molecule has 1 amide bonds. The smallest absolute Gasteiger partial charge is 0.305 e. The predicted octanol–water partition coefficient (Wildman–Crippen LogP) is 23.3. The van der Waals surface area contributed by atoms with Crippen LogP contribution in [0.3, 0.4) is 0 Å². The quantitative estimate of drug-likeness (QED) is 0.0320. The number of ether oxygens (including phenoxy) is 1. The summed E-state index contributed by atoms with van der Waals surface area (Å²) in [6.45, 7) is 4.98. The van der Waals surface area contributed by atoms with Crippen LogP contribution in [0.2, 0.25) is 0 Å². The fourth-order valence-electron chi connectivity index (χ4n) is 11.5. The van der Waals surface area contributed by atoms with Gasteiger partial charge in [0.1, 0.15) is 0 Å². The zero-order valence-electron chi connectivity index (χ0n) is 53.6. The fraction of sp³-hybridized carbons (Fsp3) is 0.918. The fourth-order valence-corrected chi connectivity index (χ4v) is 11.5.